The lowest BCUT2D eigenvalue weighted by atomic mass is 9.94. The van der Waals surface area contributed by atoms with Gasteiger partial charge in [0.2, 0.25) is 5.91 Å². The predicted octanol–water partition coefficient (Wildman–Crippen LogP) is 3.26. The molecule has 118 valence electrons. The number of carbonyl (C=O) groups excluding carboxylic acids is 1. The first-order valence-electron chi connectivity index (χ1n) is 7.95. The van der Waals surface area contributed by atoms with Crippen molar-refractivity contribution >= 4 is 22.2 Å². The van der Waals surface area contributed by atoms with Crippen LogP contribution in [0.2, 0.25) is 0 Å². The van der Waals surface area contributed by atoms with Crippen molar-refractivity contribution in [2.24, 2.45) is 0 Å². The molecule has 0 unspecified atom stereocenters. The molecular weight excluding hydrogens is 306 g/mol. The molecule has 4 nitrogen and oxygen atoms in total. The van der Waals surface area contributed by atoms with E-state index < -0.39 is 0 Å². The standard InChI is InChI=1S/C18H19N3OS/c1-13-4-2-3-5-16(13)14-6-7-20(11-14)17(22)10-15-12-21-8-9-23-18(21)19-15/h2-5,8-9,12,14H,6-7,10-11H2,1H3/t14-/m1/s1. The molecule has 3 heterocycles. The number of hydrogen-bond acceptors (Lipinski definition) is 3. The zero-order chi connectivity index (χ0) is 15.8. The van der Waals surface area contributed by atoms with Gasteiger partial charge in [-0.25, -0.2) is 4.98 Å². The molecule has 0 bridgehead atoms. The lowest BCUT2D eigenvalue weighted by Gasteiger charge is -2.17. The van der Waals surface area contributed by atoms with Crippen molar-refractivity contribution in [1.29, 1.82) is 0 Å². The molecule has 2 aromatic heterocycles. The number of imidazole rings is 1. The Bertz CT molecular complexity index is 822. The van der Waals surface area contributed by atoms with E-state index in [0.717, 1.165) is 30.2 Å². The van der Waals surface area contributed by atoms with Gasteiger partial charge in [0.05, 0.1) is 12.1 Å². The molecule has 4 rings (SSSR count). The highest BCUT2D eigenvalue weighted by molar-refractivity contribution is 7.15. The number of rotatable bonds is 3. The van der Waals surface area contributed by atoms with Crippen LogP contribution in [0.25, 0.3) is 4.96 Å². The maximum absolute atomic E-state index is 12.6. The minimum absolute atomic E-state index is 0.187. The Kier molecular flexibility index (Phi) is 3.65. The molecule has 0 N–H and O–H groups in total. The van der Waals surface area contributed by atoms with Gasteiger partial charge in [-0.15, -0.1) is 11.3 Å². The second-order valence-electron chi connectivity index (χ2n) is 6.18. The second kappa shape index (κ2) is 5.81. The fourth-order valence-corrected chi connectivity index (χ4v) is 4.13. The number of aromatic nitrogens is 2. The number of hydrogen-bond donors (Lipinski definition) is 0. The van der Waals surface area contributed by atoms with Crippen LogP contribution in [-0.2, 0) is 11.2 Å². The average molecular weight is 325 g/mol. The normalized spacial score (nSPS) is 18.0. The smallest absolute Gasteiger partial charge is 0.228 e. The summed E-state index contributed by atoms with van der Waals surface area (Å²) in [4.78, 5) is 20.0. The third-order valence-electron chi connectivity index (χ3n) is 4.64. The van der Waals surface area contributed by atoms with Crippen LogP contribution in [0, 0.1) is 6.92 Å². The van der Waals surface area contributed by atoms with Crippen LogP contribution in [0.4, 0.5) is 0 Å². The van der Waals surface area contributed by atoms with E-state index in [2.05, 4.69) is 36.2 Å². The SMILES string of the molecule is Cc1ccccc1[C@@H]1CCN(C(=O)Cc2cn3ccsc3n2)C1. The largest absolute Gasteiger partial charge is 0.342 e. The lowest BCUT2D eigenvalue weighted by molar-refractivity contribution is -0.129. The number of fused-ring (bicyclic) bond motifs is 1. The number of thiazole rings is 1. The number of amides is 1. The minimum Gasteiger partial charge on any atom is -0.342 e. The molecule has 1 aliphatic rings. The zero-order valence-electron chi connectivity index (χ0n) is 13.1. The Morgan fingerprint density at radius 1 is 1.39 bits per heavy atom. The fraction of sp³-hybridized carbons (Fsp3) is 0.333. The molecule has 1 aromatic carbocycles. The first kappa shape index (κ1) is 14.5. The average Bonchev–Trinajstić information content (AvgIpc) is 3.22. The van der Waals surface area contributed by atoms with Crippen LogP contribution in [0.3, 0.4) is 0 Å². The summed E-state index contributed by atoms with van der Waals surface area (Å²) in [5, 5.41) is 2.00. The molecule has 23 heavy (non-hydrogen) atoms. The van der Waals surface area contributed by atoms with Crippen molar-refractivity contribution < 1.29 is 4.79 Å². The highest BCUT2D eigenvalue weighted by Crippen LogP contribution is 2.29. The molecule has 0 spiro atoms. The van der Waals surface area contributed by atoms with E-state index in [-0.39, 0.29) is 5.91 Å². The summed E-state index contributed by atoms with van der Waals surface area (Å²) >= 11 is 1.59. The van der Waals surface area contributed by atoms with Crippen molar-refractivity contribution in [2.45, 2.75) is 25.7 Å². The Morgan fingerprint density at radius 2 is 2.26 bits per heavy atom. The van der Waals surface area contributed by atoms with Crippen LogP contribution in [0.5, 0.6) is 0 Å². The number of carbonyl (C=O) groups is 1. The third-order valence-corrected chi connectivity index (χ3v) is 5.42. The van der Waals surface area contributed by atoms with Crippen LogP contribution in [0.15, 0.2) is 42.0 Å². The molecule has 0 saturated carbocycles. The van der Waals surface area contributed by atoms with Gasteiger partial charge in [-0.1, -0.05) is 24.3 Å². The van der Waals surface area contributed by atoms with E-state index in [4.69, 9.17) is 0 Å². The van der Waals surface area contributed by atoms with E-state index in [1.807, 2.05) is 27.1 Å². The topological polar surface area (TPSA) is 37.6 Å². The van der Waals surface area contributed by atoms with Gasteiger partial charge < -0.3 is 4.90 Å². The molecular formula is C18H19N3OS. The van der Waals surface area contributed by atoms with Gasteiger partial charge in [0.15, 0.2) is 4.96 Å². The van der Waals surface area contributed by atoms with Gasteiger partial charge in [0, 0.05) is 36.8 Å². The number of nitrogens with zero attached hydrogens (tertiary/aromatic N) is 3. The zero-order valence-corrected chi connectivity index (χ0v) is 13.9. The van der Waals surface area contributed by atoms with Crippen LogP contribution >= 0.6 is 11.3 Å². The quantitative estimate of drug-likeness (QED) is 0.741. The molecule has 3 aromatic rings. The Labute approximate surface area is 139 Å². The number of aryl methyl sites for hydroxylation is 1. The summed E-state index contributed by atoms with van der Waals surface area (Å²) in [5.74, 6) is 0.650. The molecule has 1 amide bonds. The van der Waals surface area contributed by atoms with Crippen LogP contribution < -0.4 is 0 Å². The van der Waals surface area contributed by atoms with E-state index in [9.17, 15) is 4.79 Å². The summed E-state index contributed by atoms with van der Waals surface area (Å²) in [7, 11) is 0. The summed E-state index contributed by atoms with van der Waals surface area (Å²) in [5.41, 5.74) is 3.56. The molecule has 5 heteroatoms. The molecule has 1 aliphatic heterocycles. The summed E-state index contributed by atoms with van der Waals surface area (Å²) in [6.45, 7) is 3.82. The fourth-order valence-electron chi connectivity index (χ4n) is 3.41. The molecule has 0 aliphatic carbocycles. The molecule has 1 fully saturated rings. The van der Waals surface area contributed by atoms with Crippen molar-refractivity contribution in [1.82, 2.24) is 14.3 Å². The Hall–Kier alpha value is -2.14. The number of likely N-dealkylation sites (tertiary alicyclic amines) is 1. The van der Waals surface area contributed by atoms with Crippen LogP contribution in [0.1, 0.15) is 29.2 Å². The van der Waals surface area contributed by atoms with Gasteiger partial charge in [-0.3, -0.25) is 9.20 Å². The summed E-state index contributed by atoms with van der Waals surface area (Å²) < 4.78 is 1.98. The van der Waals surface area contributed by atoms with E-state index >= 15 is 0 Å². The van der Waals surface area contributed by atoms with E-state index in [0.29, 0.717) is 12.3 Å². The van der Waals surface area contributed by atoms with Crippen LogP contribution in [-0.4, -0.2) is 33.3 Å². The van der Waals surface area contributed by atoms with Gasteiger partial charge in [-0.05, 0) is 24.5 Å². The first-order chi connectivity index (χ1) is 11.2. The van der Waals surface area contributed by atoms with Crippen molar-refractivity contribution in [2.75, 3.05) is 13.1 Å². The van der Waals surface area contributed by atoms with Crippen molar-refractivity contribution in [3.8, 4) is 0 Å². The van der Waals surface area contributed by atoms with Crippen molar-refractivity contribution in [3.05, 3.63) is 58.9 Å². The van der Waals surface area contributed by atoms with Crippen molar-refractivity contribution in [3.63, 3.8) is 0 Å². The second-order valence-corrected chi connectivity index (χ2v) is 7.06. The third kappa shape index (κ3) is 2.77. The molecule has 1 saturated heterocycles. The highest BCUT2D eigenvalue weighted by atomic mass is 32.1. The maximum atomic E-state index is 12.6. The van der Waals surface area contributed by atoms with E-state index in [1.54, 1.807) is 11.3 Å². The summed E-state index contributed by atoms with van der Waals surface area (Å²) in [6.07, 6.45) is 5.38. The van der Waals surface area contributed by atoms with E-state index in [1.165, 1.54) is 11.1 Å². The van der Waals surface area contributed by atoms with Gasteiger partial charge in [-0.2, -0.15) is 0 Å². The maximum Gasteiger partial charge on any atom is 0.228 e. The molecule has 0 radical (unpaired) electrons. The first-order valence-corrected chi connectivity index (χ1v) is 8.83. The molecule has 1 atom stereocenters. The number of benzene rings is 1. The van der Waals surface area contributed by atoms with Gasteiger partial charge in [0.25, 0.3) is 0 Å². The van der Waals surface area contributed by atoms with Gasteiger partial charge >= 0.3 is 0 Å². The lowest BCUT2D eigenvalue weighted by Crippen LogP contribution is -2.30. The Morgan fingerprint density at radius 3 is 3.09 bits per heavy atom. The minimum atomic E-state index is 0.187. The van der Waals surface area contributed by atoms with Gasteiger partial charge in [0.1, 0.15) is 0 Å². The predicted molar refractivity (Wildman–Crippen MR) is 91.9 cm³/mol. The summed E-state index contributed by atoms with van der Waals surface area (Å²) in [6, 6.07) is 8.50. The Balaban J connectivity index is 1.44. The highest BCUT2D eigenvalue weighted by Gasteiger charge is 2.28. The monoisotopic (exact) mass is 325 g/mol.